The molecule has 0 aromatic heterocycles. The third-order valence-electron chi connectivity index (χ3n) is 4.47. The fourth-order valence-corrected chi connectivity index (χ4v) is 4.46. The van der Waals surface area contributed by atoms with Crippen molar-refractivity contribution in [2.75, 3.05) is 19.4 Å². The highest BCUT2D eigenvalue weighted by Gasteiger charge is 2.29. The van der Waals surface area contributed by atoms with Crippen LogP contribution in [0, 0.1) is 5.92 Å². The normalized spacial score (nSPS) is 22.7. The third-order valence-corrected chi connectivity index (χ3v) is 6.17. The molecule has 3 unspecified atom stereocenters. The van der Waals surface area contributed by atoms with Gasteiger partial charge in [-0.2, -0.15) is 11.8 Å². The Bertz CT molecular complexity index is 449. The van der Waals surface area contributed by atoms with Crippen LogP contribution in [0.4, 0.5) is 0 Å². The number of thioether (sulfide) groups is 1. The molecule has 1 aliphatic carbocycles. The Labute approximate surface area is 134 Å². The molecule has 0 saturated carbocycles. The molecule has 0 aliphatic heterocycles. The van der Waals surface area contributed by atoms with E-state index in [0.717, 1.165) is 18.2 Å². The van der Waals surface area contributed by atoms with Gasteiger partial charge in [0, 0.05) is 11.3 Å². The van der Waals surface area contributed by atoms with E-state index in [9.17, 15) is 0 Å². The molecular weight excluding hydrogens is 278 g/mol. The van der Waals surface area contributed by atoms with E-state index in [-0.39, 0.29) is 0 Å². The highest BCUT2D eigenvalue weighted by Crippen LogP contribution is 2.39. The highest BCUT2D eigenvalue weighted by molar-refractivity contribution is 7.99. The van der Waals surface area contributed by atoms with E-state index < -0.39 is 0 Å². The predicted molar refractivity (Wildman–Crippen MR) is 93.4 cm³/mol. The minimum Gasteiger partial charge on any atom is -0.497 e. The number of benzene rings is 1. The number of ether oxygens (including phenoxy) is 1. The molecule has 3 atom stereocenters. The Kier molecular flexibility index (Phi) is 6.43. The second-order valence-electron chi connectivity index (χ2n) is 6.02. The molecular formula is C18H29NOS. The first-order chi connectivity index (χ1) is 10.2. The number of fused-ring (bicyclic) bond motifs is 1. The molecule has 1 aliphatic rings. The number of methoxy groups -OCH3 is 1. The summed E-state index contributed by atoms with van der Waals surface area (Å²) in [4.78, 5) is 0. The number of rotatable bonds is 7. The molecule has 2 rings (SSSR count). The summed E-state index contributed by atoms with van der Waals surface area (Å²) in [7, 11) is 1.75. The van der Waals surface area contributed by atoms with E-state index in [1.807, 2.05) is 0 Å². The van der Waals surface area contributed by atoms with Crippen LogP contribution in [0.25, 0.3) is 0 Å². The number of nitrogens with one attached hydrogen (secondary N) is 1. The topological polar surface area (TPSA) is 21.3 Å². The number of hydrogen-bond acceptors (Lipinski definition) is 3. The summed E-state index contributed by atoms with van der Waals surface area (Å²) in [5, 5.41) is 4.39. The minimum absolute atomic E-state index is 0.461. The molecule has 0 spiro atoms. The van der Waals surface area contributed by atoms with Crippen LogP contribution in [0.1, 0.15) is 50.8 Å². The van der Waals surface area contributed by atoms with Gasteiger partial charge in [0.1, 0.15) is 5.75 Å². The van der Waals surface area contributed by atoms with Crippen LogP contribution in [0.5, 0.6) is 5.75 Å². The van der Waals surface area contributed by atoms with E-state index >= 15 is 0 Å². The molecule has 1 aromatic carbocycles. The van der Waals surface area contributed by atoms with Crippen LogP contribution in [-0.2, 0) is 6.42 Å². The Hall–Kier alpha value is -0.670. The van der Waals surface area contributed by atoms with E-state index in [2.05, 4.69) is 56.0 Å². The van der Waals surface area contributed by atoms with Crippen molar-refractivity contribution in [3.05, 3.63) is 29.3 Å². The predicted octanol–water partition coefficient (Wildman–Crippen LogP) is 4.44. The summed E-state index contributed by atoms with van der Waals surface area (Å²) in [6.07, 6.45) is 3.74. The third kappa shape index (κ3) is 4.17. The maximum Gasteiger partial charge on any atom is 0.119 e. The van der Waals surface area contributed by atoms with Gasteiger partial charge in [0.25, 0.3) is 0 Å². The first-order valence-electron chi connectivity index (χ1n) is 8.21. The molecule has 0 heterocycles. The molecule has 118 valence electrons. The van der Waals surface area contributed by atoms with Crippen molar-refractivity contribution in [2.45, 2.75) is 51.3 Å². The monoisotopic (exact) mass is 307 g/mol. The van der Waals surface area contributed by atoms with Gasteiger partial charge in [0.05, 0.1) is 7.11 Å². The van der Waals surface area contributed by atoms with E-state index in [4.69, 9.17) is 4.74 Å². The van der Waals surface area contributed by atoms with Crippen molar-refractivity contribution in [1.82, 2.24) is 5.32 Å². The van der Waals surface area contributed by atoms with Crippen LogP contribution in [0.15, 0.2) is 18.2 Å². The minimum atomic E-state index is 0.461. The van der Waals surface area contributed by atoms with Gasteiger partial charge < -0.3 is 10.1 Å². The zero-order valence-electron chi connectivity index (χ0n) is 13.8. The molecule has 1 aromatic rings. The first-order valence-corrected chi connectivity index (χ1v) is 9.26. The molecule has 0 bridgehead atoms. The van der Waals surface area contributed by atoms with Gasteiger partial charge >= 0.3 is 0 Å². The van der Waals surface area contributed by atoms with Crippen LogP contribution in [0.2, 0.25) is 0 Å². The fraction of sp³-hybridized carbons (Fsp3) is 0.667. The van der Waals surface area contributed by atoms with Gasteiger partial charge in [-0.1, -0.05) is 33.3 Å². The van der Waals surface area contributed by atoms with Crippen molar-refractivity contribution in [3.63, 3.8) is 0 Å². The zero-order chi connectivity index (χ0) is 15.2. The second-order valence-corrected chi connectivity index (χ2v) is 7.30. The Balaban J connectivity index is 2.16. The second kappa shape index (κ2) is 8.09. The largest absolute Gasteiger partial charge is 0.497 e. The molecule has 21 heavy (non-hydrogen) atoms. The van der Waals surface area contributed by atoms with Crippen LogP contribution >= 0.6 is 11.8 Å². The van der Waals surface area contributed by atoms with Crippen LogP contribution in [-0.4, -0.2) is 24.7 Å². The first kappa shape index (κ1) is 16.7. The average molecular weight is 308 g/mol. The standard InChI is InChI=1S/C18H29NOS/c1-5-13(3)12-21-17-10-8-14-7-9-15(20-4)11-16(14)18(17)19-6-2/h7,9,11,13,17-19H,5-6,8,10,12H2,1-4H3. The van der Waals surface area contributed by atoms with E-state index in [1.54, 1.807) is 7.11 Å². The lowest BCUT2D eigenvalue weighted by Gasteiger charge is -2.34. The maximum absolute atomic E-state index is 5.42. The van der Waals surface area contributed by atoms with Gasteiger partial charge in [0.2, 0.25) is 0 Å². The van der Waals surface area contributed by atoms with Crippen molar-refractivity contribution >= 4 is 11.8 Å². The lowest BCUT2D eigenvalue weighted by molar-refractivity contribution is 0.410. The molecule has 3 heteroatoms. The average Bonchev–Trinajstić information content (AvgIpc) is 2.53. The van der Waals surface area contributed by atoms with Gasteiger partial charge in [-0.3, -0.25) is 0 Å². The van der Waals surface area contributed by atoms with Gasteiger partial charge in [-0.05, 0) is 54.3 Å². The molecule has 0 saturated heterocycles. The number of aryl methyl sites for hydroxylation is 1. The summed E-state index contributed by atoms with van der Waals surface area (Å²) >= 11 is 2.15. The zero-order valence-corrected chi connectivity index (χ0v) is 14.6. The van der Waals surface area contributed by atoms with Crippen molar-refractivity contribution in [1.29, 1.82) is 0 Å². The van der Waals surface area contributed by atoms with E-state index in [1.165, 1.54) is 36.1 Å². The van der Waals surface area contributed by atoms with Gasteiger partial charge in [0.15, 0.2) is 0 Å². The molecule has 1 N–H and O–H groups in total. The summed E-state index contributed by atoms with van der Waals surface area (Å²) in [5.74, 6) is 3.05. The molecule has 0 amide bonds. The quantitative estimate of drug-likeness (QED) is 0.804. The Morgan fingerprint density at radius 3 is 2.86 bits per heavy atom. The van der Waals surface area contributed by atoms with Crippen LogP contribution in [0.3, 0.4) is 0 Å². The Morgan fingerprint density at radius 2 is 2.19 bits per heavy atom. The lowest BCUT2D eigenvalue weighted by atomic mass is 9.87. The molecule has 2 nitrogen and oxygen atoms in total. The van der Waals surface area contributed by atoms with Crippen molar-refractivity contribution < 1.29 is 4.74 Å². The fourth-order valence-electron chi connectivity index (χ4n) is 2.93. The summed E-state index contributed by atoms with van der Waals surface area (Å²) in [5.41, 5.74) is 2.94. The maximum atomic E-state index is 5.42. The SMILES string of the molecule is CCNC1c2cc(OC)ccc2CCC1SCC(C)CC. The summed E-state index contributed by atoms with van der Waals surface area (Å²) < 4.78 is 5.42. The summed E-state index contributed by atoms with van der Waals surface area (Å²) in [6, 6.07) is 7.03. The summed E-state index contributed by atoms with van der Waals surface area (Å²) in [6.45, 7) is 7.86. The van der Waals surface area contributed by atoms with E-state index in [0.29, 0.717) is 11.3 Å². The molecule has 0 radical (unpaired) electrons. The Morgan fingerprint density at radius 1 is 1.38 bits per heavy atom. The van der Waals surface area contributed by atoms with Gasteiger partial charge in [-0.25, -0.2) is 0 Å². The molecule has 0 fully saturated rings. The van der Waals surface area contributed by atoms with Crippen molar-refractivity contribution in [3.8, 4) is 5.75 Å². The lowest BCUT2D eigenvalue weighted by Crippen LogP contribution is -2.34. The smallest absolute Gasteiger partial charge is 0.119 e. The van der Waals surface area contributed by atoms with Crippen LogP contribution < -0.4 is 10.1 Å². The number of hydrogen-bond donors (Lipinski definition) is 1. The van der Waals surface area contributed by atoms with Gasteiger partial charge in [-0.15, -0.1) is 0 Å². The highest BCUT2D eigenvalue weighted by atomic mass is 32.2. The van der Waals surface area contributed by atoms with Crippen molar-refractivity contribution in [2.24, 2.45) is 5.92 Å².